The molecule has 0 aliphatic carbocycles. The standard InChI is InChI=1S/C19H23N/c1-16-7-3-4-8-18(16)15-17-9-11-19(12-10-17)20-13-5-2-6-14-20/h3-4,7-12H,2,5-6,13-15H2,1H3. The average molecular weight is 265 g/mol. The van der Waals surface area contributed by atoms with E-state index in [1.165, 1.54) is 54.7 Å². The first-order valence-corrected chi connectivity index (χ1v) is 7.71. The second-order valence-electron chi connectivity index (χ2n) is 5.82. The van der Waals surface area contributed by atoms with Gasteiger partial charge in [0.25, 0.3) is 0 Å². The summed E-state index contributed by atoms with van der Waals surface area (Å²) < 4.78 is 0. The van der Waals surface area contributed by atoms with Crippen LogP contribution < -0.4 is 4.90 Å². The van der Waals surface area contributed by atoms with E-state index in [1.807, 2.05) is 0 Å². The lowest BCUT2D eigenvalue weighted by Gasteiger charge is -2.28. The Kier molecular flexibility index (Phi) is 4.05. The summed E-state index contributed by atoms with van der Waals surface area (Å²) >= 11 is 0. The molecule has 3 rings (SSSR count). The quantitative estimate of drug-likeness (QED) is 0.785. The van der Waals surface area contributed by atoms with Gasteiger partial charge in [-0.05, 0) is 61.4 Å². The minimum Gasteiger partial charge on any atom is -0.372 e. The number of benzene rings is 2. The number of hydrogen-bond acceptors (Lipinski definition) is 1. The van der Waals surface area contributed by atoms with Gasteiger partial charge in [-0.3, -0.25) is 0 Å². The summed E-state index contributed by atoms with van der Waals surface area (Å²) in [7, 11) is 0. The summed E-state index contributed by atoms with van der Waals surface area (Å²) in [6.07, 6.45) is 5.10. The third kappa shape index (κ3) is 3.04. The first kappa shape index (κ1) is 13.2. The van der Waals surface area contributed by atoms with Gasteiger partial charge >= 0.3 is 0 Å². The van der Waals surface area contributed by atoms with Crippen LogP contribution in [0.3, 0.4) is 0 Å². The van der Waals surface area contributed by atoms with Crippen molar-refractivity contribution in [1.82, 2.24) is 0 Å². The molecular weight excluding hydrogens is 242 g/mol. The maximum absolute atomic E-state index is 2.51. The van der Waals surface area contributed by atoms with Crippen molar-refractivity contribution in [2.75, 3.05) is 18.0 Å². The summed E-state index contributed by atoms with van der Waals surface area (Å²) in [6.45, 7) is 4.63. The van der Waals surface area contributed by atoms with Gasteiger partial charge in [0.05, 0.1) is 0 Å². The summed E-state index contributed by atoms with van der Waals surface area (Å²) in [4.78, 5) is 2.51. The Hall–Kier alpha value is -1.76. The molecule has 2 aromatic carbocycles. The number of piperidine rings is 1. The molecule has 0 bridgehead atoms. The van der Waals surface area contributed by atoms with Crippen molar-refractivity contribution in [3.63, 3.8) is 0 Å². The van der Waals surface area contributed by atoms with E-state index in [-0.39, 0.29) is 0 Å². The molecule has 2 aromatic rings. The highest BCUT2D eigenvalue weighted by Gasteiger charge is 2.10. The number of aryl methyl sites for hydroxylation is 1. The molecule has 1 aliphatic rings. The Morgan fingerprint density at radius 3 is 2.25 bits per heavy atom. The van der Waals surface area contributed by atoms with Crippen LogP contribution in [0.25, 0.3) is 0 Å². The summed E-state index contributed by atoms with van der Waals surface area (Å²) in [5.41, 5.74) is 5.60. The molecule has 0 radical (unpaired) electrons. The fourth-order valence-electron chi connectivity index (χ4n) is 3.01. The average Bonchev–Trinajstić information content (AvgIpc) is 2.51. The highest BCUT2D eigenvalue weighted by molar-refractivity contribution is 5.48. The molecule has 104 valence electrons. The number of hydrogen-bond donors (Lipinski definition) is 0. The Morgan fingerprint density at radius 1 is 0.850 bits per heavy atom. The maximum atomic E-state index is 2.51. The van der Waals surface area contributed by atoms with Gasteiger partial charge in [0.15, 0.2) is 0 Å². The first-order valence-electron chi connectivity index (χ1n) is 7.71. The molecule has 0 amide bonds. The second kappa shape index (κ2) is 6.13. The fraction of sp³-hybridized carbons (Fsp3) is 0.368. The van der Waals surface area contributed by atoms with Crippen LogP contribution in [0.1, 0.15) is 36.0 Å². The molecule has 1 heterocycles. The molecule has 0 saturated carbocycles. The fourth-order valence-corrected chi connectivity index (χ4v) is 3.01. The smallest absolute Gasteiger partial charge is 0.0366 e. The van der Waals surface area contributed by atoms with Crippen LogP contribution in [-0.2, 0) is 6.42 Å². The number of nitrogens with zero attached hydrogens (tertiary/aromatic N) is 1. The van der Waals surface area contributed by atoms with Crippen LogP contribution >= 0.6 is 0 Å². The summed E-state index contributed by atoms with van der Waals surface area (Å²) in [5.74, 6) is 0. The lowest BCUT2D eigenvalue weighted by atomic mass is 10.0. The Labute approximate surface area is 122 Å². The zero-order valence-corrected chi connectivity index (χ0v) is 12.3. The van der Waals surface area contributed by atoms with E-state index in [9.17, 15) is 0 Å². The molecule has 0 spiro atoms. The third-order valence-electron chi connectivity index (χ3n) is 4.31. The van der Waals surface area contributed by atoms with Crippen molar-refractivity contribution in [2.45, 2.75) is 32.6 Å². The minimum absolute atomic E-state index is 1.03. The maximum Gasteiger partial charge on any atom is 0.0366 e. The highest BCUT2D eigenvalue weighted by Crippen LogP contribution is 2.21. The van der Waals surface area contributed by atoms with Crippen LogP contribution in [0, 0.1) is 6.92 Å². The molecule has 0 unspecified atom stereocenters. The normalized spacial score (nSPS) is 15.3. The predicted molar refractivity (Wildman–Crippen MR) is 86.5 cm³/mol. The molecule has 0 N–H and O–H groups in total. The molecule has 1 aliphatic heterocycles. The minimum atomic E-state index is 1.03. The lowest BCUT2D eigenvalue weighted by Crippen LogP contribution is -2.29. The monoisotopic (exact) mass is 265 g/mol. The van der Waals surface area contributed by atoms with E-state index < -0.39 is 0 Å². The summed E-state index contributed by atoms with van der Waals surface area (Å²) in [5, 5.41) is 0. The third-order valence-corrected chi connectivity index (χ3v) is 4.31. The topological polar surface area (TPSA) is 3.24 Å². The van der Waals surface area contributed by atoms with E-state index in [0.29, 0.717) is 0 Å². The first-order chi connectivity index (χ1) is 9.83. The zero-order valence-electron chi connectivity index (χ0n) is 12.3. The Bertz CT molecular complexity index is 550. The van der Waals surface area contributed by atoms with Gasteiger partial charge < -0.3 is 4.90 Å². The van der Waals surface area contributed by atoms with Crippen LogP contribution in [0.15, 0.2) is 48.5 Å². The predicted octanol–water partition coefficient (Wildman–Crippen LogP) is 4.58. The van der Waals surface area contributed by atoms with Gasteiger partial charge in [-0.2, -0.15) is 0 Å². The van der Waals surface area contributed by atoms with Crippen molar-refractivity contribution in [2.24, 2.45) is 0 Å². The van der Waals surface area contributed by atoms with Crippen molar-refractivity contribution in [3.8, 4) is 0 Å². The van der Waals surface area contributed by atoms with E-state index in [4.69, 9.17) is 0 Å². The van der Waals surface area contributed by atoms with Crippen LogP contribution in [-0.4, -0.2) is 13.1 Å². The van der Waals surface area contributed by atoms with Gasteiger partial charge in [-0.25, -0.2) is 0 Å². The van der Waals surface area contributed by atoms with Crippen LogP contribution in [0.4, 0.5) is 5.69 Å². The van der Waals surface area contributed by atoms with E-state index in [0.717, 1.165) is 6.42 Å². The van der Waals surface area contributed by atoms with Gasteiger partial charge in [-0.1, -0.05) is 36.4 Å². The van der Waals surface area contributed by atoms with Crippen molar-refractivity contribution in [3.05, 3.63) is 65.2 Å². The second-order valence-corrected chi connectivity index (χ2v) is 5.82. The van der Waals surface area contributed by atoms with E-state index in [1.54, 1.807) is 0 Å². The molecular formula is C19H23N. The zero-order chi connectivity index (χ0) is 13.8. The van der Waals surface area contributed by atoms with Crippen LogP contribution in [0.5, 0.6) is 0 Å². The Balaban J connectivity index is 1.71. The van der Waals surface area contributed by atoms with Gasteiger partial charge in [0.1, 0.15) is 0 Å². The SMILES string of the molecule is Cc1ccccc1Cc1ccc(N2CCCCC2)cc1. The summed E-state index contributed by atoms with van der Waals surface area (Å²) in [6, 6.07) is 17.8. The van der Waals surface area contributed by atoms with Gasteiger partial charge in [0, 0.05) is 18.8 Å². The number of anilines is 1. The van der Waals surface area contributed by atoms with Gasteiger partial charge in [-0.15, -0.1) is 0 Å². The highest BCUT2D eigenvalue weighted by atomic mass is 15.1. The molecule has 0 aromatic heterocycles. The van der Waals surface area contributed by atoms with E-state index >= 15 is 0 Å². The largest absolute Gasteiger partial charge is 0.372 e. The van der Waals surface area contributed by atoms with Crippen molar-refractivity contribution >= 4 is 5.69 Å². The molecule has 0 atom stereocenters. The van der Waals surface area contributed by atoms with E-state index in [2.05, 4.69) is 60.4 Å². The molecule has 20 heavy (non-hydrogen) atoms. The lowest BCUT2D eigenvalue weighted by molar-refractivity contribution is 0.578. The van der Waals surface area contributed by atoms with Crippen LogP contribution in [0.2, 0.25) is 0 Å². The van der Waals surface area contributed by atoms with Crippen molar-refractivity contribution in [1.29, 1.82) is 0 Å². The number of rotatable bonds is 3. The molecule has 1 saturated heterocycles. The molecule has 1 heteroatoms. The van der Waals surface area contributed by atoms with Gasteiger partial charge in [0.2, 0.25) is 0 Å². The molecule has 1 nitrogen and oxygen atoms in total. The van der Waals surface area contributed by atoms with Crippen molar-refractivity contribution < 1.29 is 0 Å². The Morgan fingerprint density at radius 2 is 1.55 bits per heavy atom. The molecule has 1 fully saturated rings.